The van der Waals surface area contributed by atoms with Gasteiger partial charge in [0.1, 0.15) is 0 Å². The van der Waals surface area contributed by atoms with Gasteiger partial charge < -0.3 is 9.38 Å². The highest BCUT2D eigenvalue weighted by Gasteiger charge is 2.47. The third-order valence-electron chi connectivity index (χ3n) is 16.1. The van der Waals surface area contributed by atoms with Crippen LogP contribution in [0, 0.1) is 0 Å². The quantitative estimate of drug-likeness (QED) is 0.145. The Morgan fingerprint density at radius 1 is 0.561 bits per heavy atom. The lowest BCUT2D eigenvalue weighted by atomic mass is 9.48. The lowest BCUT2D eigenvalue weighted by molar-refractivity contribution is 0.332. The van der Waals surface area contributed by atoms with Gasteiger partial charge in [-0.25, -0.2) is 0 Å². The molecule has 4 heteroatoms. The maximum atomic E-state index is 2.79. The summed E-state index contributed by atoms with van der Waals surface area (Å²) in [6.07, 6.45) is 5.86. The van der Waals surface area contributed by atoms with Crippen molar-refractivity contribution in [1.29, 1.82) is 0 Å². The molecule has 1 atom stereocenters. The van der Waals surface area contributed by atoms with E-state index in [9.17, 15) is 0 Å². The lowest BCUT2D eigenvalue weighted by Gasteiger charge is -2.42. The first kappa shape index (κ1) is 40.0. The molecular weight excluding hydrogens is 816 g/mol. The molecule has 2 aliphatic heterocycles. The molecule has 10 aromatic rings. The summed E-state index contributed by atoms with van der Waals surface area (Å²) >= 11 is 2.04. The molecule has 0 radical (unpaired) electrons. The van der Waals surface area contributed by atoms with Crippen LogP contribution in [0.5, 0.6) is 0 Å². The Labute approximate surface area is 393 Å². The van der Waals surface area contributed by atoms with Crippen molar-refractivity contribution < 1.29 is 0 Å². The summed E-state index contributed by atoms with van der Waals surface area (Å²) in [6.45, 7) is 14.6. The Balaban J connectivity index is 1.22. The number of thiophene rings is 1. The maximum absolute atomic E-state index is 2.79. The van der Waals surface area contributed by atoms with Crippen LogP contribution in [0.1, 0.15) is 96.3 Å². The van der Waals surface area contributed by atoms with Crippen LogP contribution in [0.15, 0.2) is 158 Å². The Hall–Kier alpha value is -6.36. The largest absolute Gasteiger partial charge is 0.374 e. The van der Waals surface area contributed by atoms with Gasteiger partial charge in [-0.2, -0.15) is 0 Å². The predicted octanol–water partition coefficient (Wildman–Crippen LogP) is 16.6. The molecule has 0 saturated carbocycles. The Kier molecular flexibility index (Phi) is 8.82. The van der Waals surface area contributed by atoms with Crippen molar-refractivity contribution >= 4 is 88.2 Å². The van der Waals surface area contributed by atoms with Crippen LogP contribution in [-0.4, -0.2) is 11.3 Å². The van der Waals surface area contributed by atoms with E-state index >= 15 is 0 Å². The van der Waals surface area contributed by atoms with E-state index in [0.717, 1.165) is 6.42 Å². The van der Waals surface area contributed by atoms with Crippen LogP contribution in [0.4, 0.5) is 17.1 Å². The second-order valence-corrected chi connectivity index (χ2v) is 21.9. The Morgan fingerprint density at radius 3 is 2.02 bits per heavy atom. The highest BCUT2D eigenvalue weighted by Crippen LogP contribution is 2.55. The number of anilines is 3. The van der Waals surface area contributed by atoms with Gasteiger partial charge in [0.15, 0.2) is 0 Å². The maximum Gasteiger partial charge on any atom is 0.343 e. The number of nitrogens with zero attached hydrogens (tertiary/aromatic N) is 2. The molecule has 1 aliphatic carbocycles. The van der Waals surface area contributed by atoms with E-state index in [1.165, 1.54) is 146 Å². The zero-order chi connectivity index (χ0) is 44.6. The minimum atomic E-state index is -0.0318. The van der Waals surface area contributed by atoms with E-state index in [0.29, 0.717) is 5.92 Å². The smallest absolute Gasteiger partial charge is 0.343 e. The molecule has 0 bridgehead atoms. The fraction of sp³-hybridized carbons (Fsp3) is 0.226. The van der Waals surface area contributed by atoms with Gasteiger partial charge in [0.25, 0.3) is 0 Å². The average Bonchev–Trinajstić information content (AvgIpc) is 3.90. The number of hydrogen-bond acceptors (Lipinski definition) is 2. The molecule has 0 saturated heterocycles. The van der Waals surface area contributed by atoms with Crippen molar-refractivity contribution in [2.45, 2.75) is 90.4 Å². The highest BCUT2D eigenvalue weighted by atomic mass is 32.1. The molecular formula is C62H55BN2S. The zero-order valence-corrected chi connectivity index (χ0v) is 39.8. The SMILES string of the molecule is CCCC(CC)c1ccc(N2c3cc(-c4ccccc4)cc4c3B(c3sc5cc6c(cc5c32)C(C)(C)CCC6(C)C)n2c3c-4cccc3c3ccc4ccccc4c32)c(-c2ccccc2)c1. The molecule has 0 N–H and O–H groups in total. The van der Waals surface area contributed by atoms with Crippen LogP contribution in [0.25, 0.3) is 76.0 Å². The van der Waals surface area contributed by atoms with Gasteiger partial charge in [-0.3, -0.25) is 0 Å². The molecule has 322 valence electrons. The van der Waals surface area contributed by atoms with E-state index in [-0.39, 0.29) is 17.7 Å². The van der Waals surface area contributed by atoms with Crippen molar-refractivity contribution in [2.75, 3.05) is 4.90 Å². The fourth-order valence-electron chi connectivity index (χ4n) is 12.6. The molecule has 66 heavy (non-hydrogen) atoms. The van der Waals surface area contributed by atoms with E-state index in [1.807, 2.05) is 11.3 Å². The van der Waals surface area contributed by atoms with Crippen LogP contribution in [0.2, 0.25) is 0 Å². The lowest BCUT2D eigenvalue weighted by Crippen LogP contribution is -2.55. The minimum absolute atomic E-state index is 0.0318. The summed E-state index contributed by atoms with van der Waals surface area (Å²) in [5, 5.41) is 6.62. The molecule has 4 heterocycles. The van der Waals surface area contributed by atoms with Crippen molar-refractivity contribution in [3.63, 3.8) is 0 Å². The summed E-state index contributed by atoms with van der Waals surface area (Å²) in [6, 6.07) is 61.0. The van der Waals surface area contributed by atoms with E-state index < -0.39 is 0 Å². The molecule has 0 amide bonds. The molecule has 8 aromatic carbocycles. The van der Waals surface area contributed by atoms with E-state index in [1.54, 1.807) is 0 Å². The molecule has 0 spiro atoms. The minimum Gasteiger partial charge on any atom is -0.374 e. The van der Waals surface area contributed by atoms with Gasteiger partial charge >= 0.3 is 6.85 Å². The third kappa shape index (κ3) is 5.67. The molecule has 3 aliphatic rings. The monoisotopic (exact) mass is 870 g/mol. The molecule has 13 rings (SSSR count). The van der Waals surface area contributed by atoms with Gasteiger partial charge in [0.2, 0.25) is 0 Å². The fourth-order valence-corrected chi connectivity index (χ4v) is 13.9. The van der Waals surface area contributed by atoms with Gasteiger partial charge in [-0.05, 0) is 129 Å². The third-order valence-corrected chi connectivity index (χ3v) is 17.3. The van der Waals surface area contributed by atoms with Gasteiger partial charge in [-0.15, -0.1) is 11.3 Å². The first-order valence-corrected chi connectivity index (χ1v) is 25.3. The van der Waals surface area contributed by atoms with Crippen molar-refractivity contribution in [2.24, 2.45) is 0 Å². The number of rotatable bonds is 7. The summed E-state index contributed by atoms with van der Waals surface area (Å²) in [4.78, 5) is 2.74. The van der Waals surface area contributed by atoms with Crippen LogP contribution < -0.4 is 15.1 Å². The number of aromatic nitrogens is 1. The standard InChI is InChI=1S/C62H55BN2S/c1-7-18-38(8-2)42-28-30-53(48(33-42)40-21-13-10-14-22-40)64-54-35-43(39-19-11-9-12-20-39)34-49-46-26-17-25-45-47-29-27-41-23-15-16-24-44(41)57(47)65(58(45)46)63(56(49)54)60-59(64)50-36-51-52(37-55(50)66-60)62(5,6)32-31-61(51,3)4/h9-17,19-30,33-38H,7-8,18,31-32H2,1-6H3. The van der Waals surface area contributed by atoms with E-state index in [2.05, 4.69) is 209 Å². The number of fused-ring (bicyclic) bond motifs is 12. The first-order chi connectivity index (χ1) is 32.1. The predicted molar refractivity (Wildman–Crippen MR) is 287 cm³/mol. The van der Waals surface area contributed by atoms with Gasteiger partial charge in [0.05, 0.1) is 11.4 Å². The summed E-state index contributed by atoms with van der Waals surface area (Å²) in [7, 11) is 0. The highest BCUT2D eigenvalue weighted by molar-refractivity contribution is 7.32. The average molecular weight is 871 g/mol. The molecule has 2 nitrogen and oxygen atoms in total. The first-order valence-electron chi connectivity index (χ1n) is 24.4. The topological polar surface area (TPSA) is 8.17 Å². The summed E-state index contributed by atoms with van der Waals surface area (Å²) in [5.74, 6) is 0.511. The van der Waals surface area contributed by atoms with Gasteiger partial charge in [-0.1, -0.05) is 169 Å². The second-order valence-electron chi connectivity index (χ2n) is 20.8. The number of benzene rings is 8. The summed E-state index contributed by atoms with van der Waals surface area (Å²) < 4.78 is 5.59. The van der Waals surface area contributed by atoms with Crippen LogP contribution in [0.3, 0.4) is 0 Å². The van der Waals surface area contributed by atoms with Gasteiger partial charge in [0, 0.05) is 58.9 Å². The Bertz CT molecular complexity index is 3610. The normalized spacial score (nSPS) is 15.9. The zero-order valence-electron chi connectivity index (χ0n) is 39.0. The van der Waals surface area contributed by atoms with Crippen LogP contribution in [-0.2, 0) is 10.8 Å². The molecule has 0 fully saturated rings. The van der Waals surface area contributed by atoms with E-state index in [4.69, 9.17) is 0 Å². The van der Waals surface area contributed by atoms with Crippen molar-refractivity contribution in [3.05, 3.63) is 174 Å². The number of para-hydroxylation sites is 1. The van der Waals surface area contributed by atoms with Crippen molar-refractivity contribution in [3.8, 4) is 33.4 Å². The molecule has 2 aromatic heterocycles. The van der Waals surface area contributed by atoms with Crippen molar-refractivity contribution in [1.82, 2.24) is 4.48 Å². The Morgan fingerprint density at radius 2 is 1.26 bits per heavy atom. The molecule has 1 unspecified atom stereocenters. The van der Waals surface area contributed by atoms with Crippen LogP contribution >= 0.6 is 11.3 Å². The second kappa shape index (κ2) is 14.6. The number of hydrogen-bond donors (Lipinski definition) is 0. The summed E-state index contributed by atoms with van der Waals surface area (Å²) in [5.41, 5.74) is 20.2.